The molecule has 19 heavy (non-hydrogen) atoms. The molecule has 0 saturated heterocycles. The lowest BCUT2D eigenvalue weighted by Gasteiger charge is -2.21. The van der Waals surface area contributed by atoms with E-state index in [0.717, 1.165) is 10.6 Å². The van der Waals surface area contributed by atoms with E-state index >= 15 is 0 Å². The van der Waals surface area contributed by atoms with Crippen LogP contribution in [0.15, 0.2) is 23.1 Å². The average Bonchev–Trinajstić information content (AvgIpc) is 2.41. The highest BCUT2D eigenvalue weighted by Crippen LogP contribution is 2.36. The highest BCUT2D eigenvalue weighted by Gasteiger charge is 2.17. The van der Waals surface area contributed by atoms with Crippen LogP contribution in [0, 0.1) is 0 Å². The molecule has 1 aliphatic carbocycles. The lowest BCUT2D eigenvalue weighted by atomic mass is 10.0. The van der Waals surface area contributed by atoms with E-state index in [0.29, 0.717) is 10.8 Å². The second-order valence-electron chi connectivity index (χ2n) is 5.33. The van der Waals surface area contributed by atoms with E-state index in [4.69, 9.17) is 5.73 Å². The zero-order valence-corrected chi connectivity index (χ0v) is 12.5. The van der Waals surface area contributed by atoms with E-state index in [9.17, 15) is 4.79 Å². The summed E-state index contributed by atoms with van der Waals surface area (Å²) in [6, 6.07) is 5.67. The first-order valence-corrected chi connectivity index (χ1v) is 7.73. The van der Waals surface area contributed by atoms with Crippen LogP contribution in [0.2, 0.25) is 0 Å². The van der Waals surface area contributed by atoms with Crippen molar-refractivity contribution in [1.29, 1.82) is 0 Å². The summed E-state index contributed by atoms with van der Waals surface area (Å²) in [6.45, 7) is 0. The normalized spacial score (nSPS) is 16.3. The lowest BCUT2D eigenvalue weighted by Crippen LogP contribution is -2.21. The summed E-state index contributed by atoms with van der Waals surface area (Å²) in [5, 5.41) is 0.687. The highest BCUT2D eigenvalue weighted by atomic mass is 32.2. The molecule has 1 aliphatic rings. The maximum Gasteiger partial charge on any atom is 0.253 e. The van der Waals surface area contributed by atoms with Crippen molar-refractivity contribution in [3.05, 3.63) is 23.8 Å². The van der Waals surface area contributed by atoms with Gasteiger partial charge >= 0.3 is 0 Å². The molecule has 2 N–H and O–H groups in total. The second kappa shape index (κ2) is 6.33. The Bertz CT molecular complexity index is 453. The Balaban J connectivity index is 2.08. The van der Waals surface area contributed by atoms with Gasteiger partial charge in [0.05, 0.1) is 0 Å². The van der Waals surface area contributed by atoms with Crippen LogP contribution in [-0.4, -0.2) is 30.2 Å². The monoisotopic (exact) mass is 278 g/mol. The van der Waals surface area contributed by atoms with Gasteiger partial charge in [-0.2, -0.15) is 0 Å². The molecule has 0 bridgehead atoms. The number of benzene rings is 1. The first-order valence-electron chi connectivity index (χ1n) is 6.86. The third-order valence-corrected chi connectivity index (χ3v) is 4.94. The number of rotatable bonds is 3. The van der Waals surface area contributed by atoms with Gasteiger partial charge in [0.2, 0.25) is 0 Å². The van der Waals surface area contributed by atoms with Crippen molar-refractivity contribution in [2.75, 3.05) is 19.8 Å². The van der Waals surface area contributed by atoms with Crippen molar-refractivity contribution in [3.8, 4) is 0 Å². The SMILES string of the molecule is CN(C)C(=O)c1ccc(SC2CCCCC2)c(N)c1. The number of thioether (sulfide) groups is 1. The summed E-state index contributed by atoms with van der Waals surface area (Å²) in [5.41, 5.74) is 7.47. The Morgan fingerprint density at radius 1 is 1.26 bits per heavy atom. The van der Waals surface area contributed by atoms with Crippen LogP contribution in [-0.2, 0) is 0 Å². The first kappa shape index (κ1) is 14.3. The number of anilines is 1. The Morgan fingerprint density at radius 2 is 1.95 bits per heavy atom. The van der Waals surface area contributed by atoms with Crippen LogP contribution in [0.5, 0.6) is 0 Å². The lowest BCUT2D eigenvalue weighted by molar-refractivity contribution is 0.0827. The summed E-state index contributed by atoms with van der Waals surface area (Å²) in [6.07, 6.45) is 6.58. The molecule has 4 heteroatoms. The van der Waals surface area contributed by atoms with Gasteiger partial charge in [-0.3, -0.25) is 4.79 Å². The van der Waals surface area contributed by atoms with Gasteiger partial charge in [-0.05, 0) is 31.0 Å². The van der Waals surface area contributed by atoms with Crippen molar-refractivity contribution in [2.45, 2.75) is 42.2 Å². The Hall–Kier alpha value is -1.16. The minimum Gasteiger partial charge on any atom is -0.398 e. The van der Waals surface area contributed by atoms with Crippen LogP contribution in [0.1, 0.15) is 42.5 Å². The zero-order valence-electron chi connectivity index (χ0n) is 11.7. The summed E-state index contributed by atoms with van der Waals surface area (Å²) < 4.78 is 0. The molecule has 0 atom stereocenters. The molecule has 1 saturated carbocycles. The van der Waals surface area contributed by atoms with Gasteiger partial charge in [0, 0.05) is 35.5 Å². The van der Waals surface area contributed by atoms with Crippen LogP contribution in [0.3, 0.4) is 0 Å². The predicted octanol–water partition coefficient (Wildman–Crippen LogP) is 3.40. The van der Waals surface area contributed by atoms with E-state index < -0.39 is 0 Å². The minimum atomic E-state index is 0.000849. The molecular formula is C15H22N2OS. The van der Waals surface area contributed by atoms with Crippen LogP contribution in [0.25, 0.3) is 0 Å². The molecule has 0 radical (unpaired) electrons. The predicted molar refractivity (Wildman–Crippen MR) is 81.6 cm³/mol. The standard InChI is InChI=1S/C15H22N2OS/c1-17(2)15(18)11-8-9-14(13(16)10-11)19-12-6-4-3-5-7-12/h8-10,12H,3-7,16H2,1-2H3. The van der Waals surface area contributed by atoms with Gasteiger partial charge in [0.1, 0.15) is 0 Å². The second-order valence-corrected chi connectivity index (χ2v) is 6.67. The molecule has 0 heterocycles. The molecule has 0 spiro atoms. The van der Waals surface area contributed by atoms with E-state index in [-0.39, 0.29) is 5.91 Å². The largest absolute Gasteiger partial charge is 0.398 e. The van der Waals surface area contributed by atoms with Crippen molar-refractivity contribution in [2.24, 2.45) is 0 Å². The Kier molecular flexibility index (Phi) is 4.75. The van der Waals surface area contributed by atoms with Gasteiger partial charge < -0.3 is 10.6 Å². The van der Waals surface area contributed by atoms with Crippen molar-refractivity contribution in [3.63, 3.8) is 0 Å². The fourth-order valence-corrected chi connectivity index (χ4v) is 3.68. The van der Waals surface area contributed by atoms with E-state index in [1.165, 1.54) is 32.1 Å². The molecule has 0 unspecified atom stereocenters. The van der Waals surface area contributed by atoms with Gasteiger partial charge in [-0.15, -0.1) is 11.8 Å². The van der Waals surface area contributed by atoms with Gasteiger partial charge in [0.25, 0.3) is 5.91 Å². The maximum atomic E-state index is 11.9. The number of hydrogen-bond donors (Lipinski definition) is 1. The molecule has 104 valence electrons. The molecule has 0 aliphatic heterocycles. The number of nitrogen functional groups attached to an aromatic ring is 1. The molecule has 1 aromatic carbocycles. The van der Waals surface area contributed by atoms with E-state index in [1.807, 2.05) is 23.9 Å². The van der Waals surface area contributed by atoms with Crippen molar-refractivity contribution < 1.29 is 4.79 Å². The van der Waals surface area contributed by atoms with Crippen molar-refractivity contribution in [1.82, 2.24) is 4.90 Å². The fourth-order valence-electron chi connectivity index (χ4n) is 2.41. The highest BCUT2D eigenvalue weighted by molar-refractivity contribution is 8.00. The third kappa shape index (κ3) is 3.66. The number of amides is 1. The molecule has 0 aromatic heterocycles. The van der Waals surface area contributed by atoms with Gasteiger partial charge in [-0.25, -0.2) is 0 Å². The molecular weight excluding hydrogens is 256 g/mol. The quantitative estimate of drug-likeness (QED) is 0.862. The molecule has 1 fully saturated rings. The zero-order chi connectivity index (χ0) is 13.8. The van der Waals surface area contributed by atoms with Crippen LogP contribution in [0.4, 0.5) is 5.69 Å². The summed E-state index contributed by atoms with van der Waals surface area (Å²) in [4.78, 5) is 14.5. The van der Waals surface area contributed by atoms with Gasteiger partial charge in [-0.1, -0.05) is 19.3 Å². The Morgan fingerprint density at radius 3 is 2.53 bits per heavy atom. The molecule has 2 rings (SSSR count). The first-order chi connectivity index (χ1) is 9.08. The van der Waals surface area contributed by atoms with E-state index in [1.54, 1.807) is 25.1 Å². The molecule has 1 aromatic rings. The summed E-state index contributed by atoms with van der Waals surface area (Å²) >= 11 is 1.87. The number of nitrogens with two attached hydrogens (primary N) is 1. The number of carbonyl (C=O) groups excluding carboxylic acids is 1. The van der Waals surface area contributed by atoms with Crippen LogP contribution < -0.4 is 5.73 Å². The number of hydrogen-bond acceptors (Lipinski definition) is 3. The average molecular weight is 278 g/mol. The third-order valence-electron chi connectivity index (χ3n) is 3.51. The van der Waals surface area contributed by atoms with Crippen molar-refractivity contribution >= 4 is 23.4 Å². The molecule has 1 amide bonds. The fraction of sp³-hybridized carbons (Fsp3) is 0.533. The van der Waals surface area contributed by atoms with Crippen LogP contribution >= 0.6 is 11.8 Å². The smallest absolute Gasteiger partial charge is 0.253 e. The van der Waals surface area contributed by atoms with E-state index in [2.05, 4.69) is 0 Å². The number of nitrogens with zero attached hydrogens (tertiary/aromatic N) is 1. The number of carbonyl (C=O) groups is 1. The maximum absolute atomic E-state index is 11.9. The summed E-state index contributed by atoms with van der Waals surface area (Å²) in [5.74, 6) is 0.000849. The Labute approximate surface area is 119 Å². The molecule has 3 nitrogen and oxygen atoms in total. The minimum absolute atomic E-state index is 0.000849. The summed E-state index contributed by atoms with van der Waals surface area (Å²) in [7, 11) is 3.51. The topological polar surface area (TPSA) is 46.3 Å². The van der Waals surface area contributed by atoms with Gasteiger partial charge in [0.15, 0.2) is 0 Å².